The summed E-state index contributed by atoms with van der Waals surface area (Å²) in [7, 11) is 0. The Hall–Kier alpha value is -4.81. The minimum atomic E-state index is -3.03. The molecule has 1 aliphatic heterocycles. The molecular weight excluding hydrogens is 570 g/mol. The summed E-state index contributed by atoms with van der Waals surface area (Å²) in [5.41, 5.74) is 1.28. The van der Waals surface area contributed by atoms with Crippen LogP contribution in [0.1, 0.15) is 38.4 Å². The van der Waals surface area contributed by atoms with Gasteiger partial charge in [-0.15, -0.1) is 6.58 Å². The van der Waals surface area contributed by atoms with Crippen LogP contribution in [-0.2, 0) is 23.6 Å². The van der Waals surface area contributed by atoms with E-state index in [1.807, 2.05) is 45.0 Å². The third-order valence-electron chi connectivity index (χ3n) is 7.63. The van der Waals surface area contributed by atoms with Crippen LogP contribution in [0, 0.1) is 0 Å². The van der Waals surface area contributed by atoms with Gasteiger partial charge in [0.25, 0.3) is 11.5 Å². The third-order valence-corrected chi connectivity index (χ3v) is 7.63. The highest BCUT2D eigenvalue weighted by atomic mass is 19.3. The molecule has 4 heterocycles. The number of allylic oxidation sites excluding steroid dienone is 1. The van der Waals surface area contributed by atoms with E-state index in [2.05, 4.69) is 31.7 Å². The normalized spacial score (nSPS) is 16.2. The highest BCUT2D eigenvalue weighted by Crippen LogP contribution is 2.40. The summed E-state index contributed by atoms with van der Waals surface area (Å²) in [6, 6.07) is 11.0. The minimum Gasteiger partial charge on any atom is -0.444 e. The van der Waals surface area contributed by atoms with Crippen molar-refractivity contribution in [3.05, 3.63) is 76.9 Å². The van der Waals surface area contributed by atoms with Crippen molar-refractivity contribution in [2.24, 2.45) is 0 Å². The molecular formula is C31H34F2N8O3. The fourth-order valence-electron chi connectivity index (χ4n) is 5.49. The molecule has 1 N–H and O–H groups in total. The van der Waals surface area contributed by atoms with Crippen LogP contribution in [-0.4, -0.2) is 67.1 Å². The Kier molecular flexibility index (Phi) is 7.34. The molecule has 230 valence electrons. The number of aromatic nitrogens is 5. The summed E-state index contributed by atoms with van der Waals surface area (Å²) in [6.07, 6.45) is 2.62. The molecule has 0 atom stereocenters. The van der Waals surface area contributed by atoms with Crippen LogP contribution in [0.15, 0.2) is 60.0 Å². The predicted octanol–water partition coefficient (Wildman–Crippen LogP) is 5.00. The second-order valence-corrected chi connectivity index (χ2v) is 11.9. The Morgan fingerprint density at radius 2 is 1.82 bits per heavy atom. The smallest absolute Gasteiger partial charge is 0.410 e. The van der Waals surface area contributed by atoms with E-state index in [0.717, 1.165) is 11.4 Å². The second-order valence-electron chi connectivity index (χ2n) is 11.9. The van der Waals surface area contributed by atoms with Crippen molar-refractivity contribution in [2.45, 2.75) is 51.7 Å². The van der Waals surface area contributed by atoms with Crippen LogP contribution in [0.3, 0.4) is 0 Å². The number of aryl methyl sites for hydroxylation is 1. The third kappa shape index (κ3) is 5.61. The van der Waals surface area contributed by atoms with Crippen molar-refractivity contribution in [1.29, 1.82) is 0 Å². The van der Waals surface area contributed by atoms with Crippen LogP contribution in [0.2, 0.25) is 0 Å². The Bertz CT molecular complexity index is 1780. The molecule has 1 saturated heterocycles. The fourth-order valence-corrected chi connectivity index (χ4v) is 5.49. The number of carbonyl (C=O) groups excluding carboxylic acids is 1. The highest BCUT2D eigenvalue weighted by Gasteiger charge is 2.41. The fraction of sp³-hybridized carbons (Fsp3) is 0.387. The average Bonchev–Trinajstić information content (AvgIpc) is 3.44. The van der Waals surface area contributed by atoms with E-state index in [1.165, 1.54) is 15.6 Å². The van der Waals surface area contributed by atoms with E-state index in [0.29, 0.717) is 31.7 Å². The van der Waals surface area contributed by atoms with Crippen molar-refractivity contribution < 1.29 is 18.3 Å². The number of ether oxygens (including phenoxy) is 1. The van der Waals surface area contributed by atoms with Gasteiger partial charge in [-0.05, 0) is 63.1 Å². The quantitative estimate of drug-likeness (QED) is 0.306. The maximum absolute atomic E-state index is 14.5. The Morgan fingerprint density at radius 1 is 1.09 bits per heavy atom. The van der Waals surface area contributed by atoms with E-state index in [1.54, 1.807) is 23.1 Å². The van der Waals surface area contributed by atoms with Crippen molar-refractivity contribution in [1.82, 2.24) is 29.2 Å². The zero-order valence-electron chi connectivity index (χ0n) is 24.9. The number of pyridine rings is 1. The van der Waals surface area contributed by atoms with Crippen LogP contribution in [0.5, 0.6) is 0 Å². The molecule has 0 radical (unpaired) electrons. The molecule has 1 amide bonds. The number of halogens is 2. The molecule has 13 heteroatoms. The lowest BCUT2D eigenvalue weighted by atomic mass is 10.2. The molecule has 11 nitrogen and oxygen atoms in total. The molecule has 3 aromatic heterocycles. The number of hydrogen-bond acceptors (Lipinski definition) is 8. The number of fused-ring (bicyclic) bond motifs is 2. The number of anilines is 3. The number of alkyl halides is 2. The van der Waals surface area contributed by atoms with Crippen LogP contribution >= 0.6 is 0 Å². The SMILES string of the molecule is C=CCn1c(=O)c2cnc(Nc3ccc(N4CCN(C(=O)OC(C)(C)C)CC4)cc3)nc2n1-c1ccc2c(n1)C(F)(F)CC2. The van der Waals surface area contributed by atoms with E-state index in [4.69, 9.17) is 4.74 Å². The first kappa shape index (κ1) is 29.3. The Morgan fingerprint density at radius 3 is 2.50 bits per heavy atom. The molecule has 2 aliphatic rings. The lowest BCUT2D eigenvalue weighted by Crippen LogP contribution is -2.50. The molecule has 1 fully saturated rings. The number of nitrogens with one attached hydrogen (secondary N) is 1. The van der Waals surface area contributed by atoms with Gasteiger partial charge in [-0.1, -0.05) is 12.1 Å². The number of piperazine rings is 1. The topological polar surface area (TPSA) is 110 Å². The van der Waals surface area contributed by atoms with Crippen molar-refractivity contribution in [3.8, 4) is 5.82 Å². The van der Waals surface area contributed by atoms with E-state index in [9.17, 15) is 18.4 Å². The van der Waals surface area contributed by atoms with Crippen molar-refractivity contribution in [2.75, 3.05) is 36.4 Å². The van der Waals surface area contributed by atoms with Gasteiger partial charge in [-0.3, -0.25) is 4.79 Å². The van der Waals surface area contributed by atoms with Crippen LogP contribution < -0.4 is 15.8 Å². The summed E-state index contributed by atoms with van der Waals surface area (Å²) >= 11 is 0. The molecule has 4 aromatic rings. The zero-order valence-corrected chi connectivity index (χ0v) is 24.9. The number of rotatable bonds is 6. The Labute approximate surface area is 252 Å². The first-order chi connectivity index (χ1) is 20.9. The predicted molar refractivity (Wildman–Crippen MR) is 163 cm³/mol. The number of benzene rings is 1. The second kappa shape index (κ2) is 11.0. The van der Waals surface area contributed by atoms with Gasteiger partial charge in [0.05, 0.1) is 6.54 Å². The molecule has 0 saturated carbocycles. The van der Waals surface area contributed by atoms with Crippen molar-refractivity contribution >= 4 is 34.4 Å². The van der Waals surface area contributed by atoms with Crippen LogP contribution in [0.4, 0.5) is 30.9 Å². The summed E-state index contributed by atoms with van der Waals surface area (Å²) in [5, 5.41) is 3.40. The van der Waals surface area contributed by atoms with Gasteiger partial charge < -0.3 is 19.9 Å². The number of nitrogens with zero attached hydrogens (tertiary/aromatic N) is 7. The van der Waals surface area contributed by atoms with Crippen molar-refractivity contribution in [3.63, 3.8) is 0 Å². The standard InChI is InChI=1S/C31H34F2N8O3/c1-5-14-40-27(42)23-19-34-28(37-26(23)41(40)24-11-6-20-12-13-31(32,33)25(20)36-24)35-21-7-9-22(10-8-21)38-15-17-39(18-16-38)29(43)44-30(2,3)4/h5-11,19H,1,12-18H2,2-4H3,(H,34,35,37). The molecule has 44 heavy (non-hydrogen) atoms. The molecule has 0 spiro atoms. The summed E-state index contributed by atoms with van der Waals surface area (Å²) < 4.78 is 37.4. The van der Waals surface area contributed by atoms with E-state index < -0.39 is 11.5 Å². The van der Waals surface area contributed by atoms with Gasteiger partial charge in [0.2, 0.25) is 5.95 Å². The van der Waals surface area contributed by atoms with Gasteiger partial charge >= 0.3 is 6.09 Å². The lowest BCUT2D eigenvalue weighted by molar-refractivity contribution is -0.00598. The summed E-state index contributed by atoms with van der Waals surface area (Å²) in [4.78, 5) is 42.8. The molecule has 1 aliphatic carbocycles. The number of carbonyl (C=O) groups is 1. The maximum Gasteiger partial charge on any atom is 0.410 e. The molecule has 6 rings (SSSR count). The van der Waals surface area contributed by atoms with Gasteiger partial charge in [0.15, 0.2) is 11.5 Å². The van der Waals surface area contributed by atoms with Gasteiger partial charge in [-0.2, -0.15) is 13.8 Å². The van der Waals surface area contributed by atoms with Gasteiger partial charge in [-0.25, -0.2) is 24.1 Å². The highest BCUT2D eigenvalue weighted by molar-refractivity contribution is 5.77. The first-order valence-electron chi connectivity index (χ1n) is 14.5. The molecule has 0 bridgehead atoms. The first-order valence-corrected chi connectivity index (χ1v) is 14.5. The van der Waals surface area contributed by atoms with E-state index >= 15 is 0 Å². The molecule has 1 aromatic carbocycles. The number of amides is 1. The van der Waals surface area contributed by atoms with Gasteiger partial charge in [0.1, 0.15) is 16.7 Å². The summed E-state index contributed by atoms with van der Waals surface area (Å²) in [6.45, 7) is 11.9. The minimum absolute atomic E-state index is 0.126. The van der Waals surface area contributed by atoms with Crippen LogP contribution in [0.25, 0.3) is 16.9 Å². The van der Waals surface area contributed by atoms with E-state index in [-0.39, 0.29) is 59.5 Å². The maximum atomic E-state index is 14.5. The lowest BCUT2D eigenvalue weighted by Gasteiger charge is -2.36. The largest absolute Gasteiger partial charge is 0.444 e. The number of hydrogen-bond donors (Lipinski definition) is 1. The average molecular weight is 605 g/mol. The zero-order chi connectivity index (χ0) is 31.2. The summed E-state index contributed by atoms with van der Waals surface area (Å²) in [5.74, 6) is -2.63. The monoisotopic (exact) mass is 604 g/mol. The molecule has 0 unspecified atom stereocenters. The Balaban J connectivity index is 1.22. The van der Waals surface area contributed by atoms with Gasteiger partial charge in [0, 0.05) is 50.2 Å².